The lowest BCUT2D eigenvalue weighted by molar-refractivity contribution is -0.246. The Hall–Kier alpha value is -2.13. The van der Waals surface area contributed by atoms with Gasteiger partial charge in [-0.2, -0.15) is 0 Å². The van der Waals surface area contributed by atoms with Crippen LogP contribution in [0.25, 0.3) is 0 Å². The van der Waals surface area contributed by atoms with E-state index >= 15 is 0 Å². The number of amides is 1. The molecule has 1 amide bonds. The minimum atomic E-state index is -1.20. The third kappa shape index (κ3) is 5.70. The Labute approximate surface area is 131 Å². The fourth-order valence-corrected chi connectivity index (χ4v) is 2.41. The van der Waals surface area contributed by atoms with E-state index in [9.17, 15) is 14.7 Å². The molecule has 0 spiro atoms. The van der Waals surface area contributed by atoms with E-state index in [1.165, 1.54) is 11.0 Å². The maximum Gasteiger partial charge on any atom is 0.235 e. The molecular weight excluding hydrogens is 280 g/mol. The zero-order valence-electron chi connectivity index (χ0n) is 13.2. The number of carbonyl (C=O) groups excluding carboxylic acids is 2. The summed E-state index contributed by atoms with van der Waals surface area (Å²) in [6, 6.07) is 7.01. The number of anilines is 1. The molecule has 0 aliphatic heterocycles. The fraction of sp³-hybridized carbons (Fsp3) is 0.529. The van der Waals surface area contributed by atoms with Crippen LogP contribution in [0.4, 0.5) is 10.5 Å². The largest absolute Gasteiger partial charge is 0.530 e. The summed E-state index contributed by atoms with van der Waals surface area (Å²) in [5.74, 6) is 0.314. The van der Waals surface area contributed by atoms with Crippen LogP contribution in [-0.2, 0) is 11.3 Å². The van der Waals surface area contributed by atoms with Crippen LogP contribution < -0.4 is 10.0 Å². The fourth-order valence-electron chi connectivity index (χ4n) is 2.41. The van der Waals surface area contributed by atoms with E-state index < -0.39 is 6.09 Å². The number of isocyanates is 1. The Morgan fingerprint density at radius 2 is 2.18 bits per heavy atom. The topological polar surface area (TPSA) is 72.8 Å². The Kier molecular flexibility index (Phi) is 7.94. The van der Waals surface area contributed by atoms with Crippen LogP contribution in [0.2, 0.25) is 0 Å². The highest BCUT2D eigenvalue weighted by molar-refractivity contribution is 5.84. The van der Waals surface area contributed by atoms with Crippen molar-refractivity contribution < 1.29 is 14.7 Å². The zero-order valence-corrected chi connectivity index (χ0v) is 13.2. The van der Waals surface area contributed by atoms with Gasteiger partial charge in [0, 0.05) is 12.2 Å². The van der Waals surface area contributed by atoms with Crippen molar-refractivity contribution in [3.05, 3.63) is 29.8 Å². The maximum atomic E-state index is 11.5. The number of rotatable bonds is 9. The van der Waals surface area contributed by atoms with Gasteiger partial charge in [0.25, 0.3) is 0 Å². The van der Waals surface area contributed by atoms with Gasteiger partial charge in [-0.25, -0.2) is 9.79 Å². The molecule has 0 bridgehead atoms. The highest BCUT2D eigenvalue weighted by Crippen LogP contribution is 2.21. The summed E-state index contributed by atoms with van der Waals surface area (Å²) < 4.78 is 0. The Balaban J connectivity index is 2.90. The van der Waals surface area contributed by atoms with Gasteiger partial charge in [-0.05, 0) is 30.0 Å². The lowest BCUT2D eigenvalue weighted by atomic mass is 9.98. The second-order valence-electron chi connectivity index (χ2n) is 5.37. The van der Waals surface area contributed by atoms with Gasteiger partial charge in [0.15, 0.2) is 0 Å². The molecule has 1 aromatic rings. The van der Waals surface area contributed by atoms with Crippen LogP contribution in [0.3, 0.4) is 0 Å². The molecule has 0 heterocycles. The first-order valence-electron chi connectivity index (χ1n) is 7.73. The molecule has 0 fully saturated rings. The second-order valence-corrected chi connectivity index (χ2v) is 5.37. The van der Waals surface area contributed by atoms with Crippen LogP contribution in [0.1, 0.15) is 45.1 Å². The highest BCUT2D eigenvalue weighted by Gasteiger charge is 2.14. The molecule has 22 heavy (non-hydrogen) atoms. The molecule has 1 rings (SSSR count). The SMILES string of the molecule is CCCCC(CC)CN(C(=O)[O-])c1cccc(CN=C=O)c1. The average molecular weight is 303 g/mol. The van der Waals surface area contributed by atoms with Crippen molar-refractivity contribution in [1.82, 2.24) is 0 Å². The molecule has 1 aromatic carbocycles. The van der Waals surface area contributed by atoms with Crippen molar-refractivity contribution >= 4 is 17.9 Å². The van der Waals surface area contributed by atoms with Crippen molar-refractivity contribution in [3.8, 4) is 0 Å². The Bertz CT molecular complexity index is 524. The highest BCUT2D eigenvalue weighted by atomic mass is 16.4. The van der Waals surface area contributed by atoms with Crippen molar-refractivity contribution in [1.29, 1.82) is 0 Å². The molecule has 0 aliphatic rings. The van der Waals surface area contributed by atoms with Crippen LogP contribution in [0, 0.1) is 5.92 Å². The number of benzene rings is 1. The van der Waals surface area contributed by atoms with Gasteiger partial charge < -0.3 is 14.8 Å². The molecule has 0 aromatic heterocycles. The van der Waals surface area contributed by atoms with E-state index in [4.69, 9.17) is 0 Å². The smallest absolute Gasteiger partial charge is 0.235 e. The lowest BCUT2D eigenvalue weighted by Gasteiger charge is -2.29. The molecule has 0 saturated heterocycles. The third-order valence-electron chi connectivity index (χ3n) is 3.75. The van der Waals surface area contributed by atoms with Crippen molar-refractivity contribution in [3.63, 3.8) is 0 Å². The summed E-state index contributed by atoms with van der Waals surface area (Å²) in [5, 5.41) is 11.5. The van der Waals surface area contributed by atoms with Crippen LogP contribution in [-0.4, -0.2) is 18.7 Å². The Morgan fingerprint density at radius 1 is 1.41 bits per heavy atom. The Morgan fingerprint density at radius 3 is 2.77 bits per heavy atom. The van der Waals surface area contributed by atoms with E-state index in [1.54, 1.807) is 24.3 Å². The molecule has 0 aliphatic carbocycles. The van der Waals surface area contributed by atoms with Gasteiger partial charge >= 0.3 is 0 Å². The molecule has 0 N–H and O–H groups in total. The monoisotopic (exact) mass is 303 g/mol. The summed E-state index contributed by atoms with van der Waals surface area (Å²) in [4.78, 5) is 26.5. The van der Waals surface area contributed by atoms with Gasteiger partial charge in [-0.15, -0.1) is 0 Å². The van der Waals surface area contributed by atoms with Crippen molar-refractivity contribution in [2.75, 3.05) is 11.4 Å². The van der Waals surface area contributed by atoms with E-state index in [-0.39, 0.29) is 6.54 Å². The predicted octanol–water partition coefficient (Wildman–Crippen LogP) is 2.89. The van der Waals surface area contributed by atoms with E-state index in [0.717, 1.165) is 31.2 Å². The standard InChI is InChI=1S/C17H24N2O3/c1-3-5-7-14(4-2)12-19(17(21)22)16-9-6-8-15(10-16)11-18-13-20/h6,8-10,14H,3-5,7,11-12H2,1-2H3,(H,21,22)/p-1. The molecule has 1 unspecified atom stereocenters. The lowest BCUT2D eigenvalue weighted by Crippen LogP contribution is -2.44. The molecule has 1 atom stereocenters. The number of carbonyl (C=O) groups is 1. The summed E-state index contributed by atoms with van der Waals surface area (Å²) in [5.41, 5.74) is 1.34. The third-order valence-corrected chi connectivity index (χ3v) is 3.75. The van der Waals surface area contributed by atoms with Crippen molar-refractivity contribution in [2.24, 2.45) is 10.9 Å². The summed E-state index contributed by atoms with van der Waals surface area (Å²) in [7, 11) is 0. The molecule has 0 radical (unpaired) electrons. The van der Waals surface area contributed by atoms with Crippen molar-refractivity contribution in [2.45, 2.75) is 46.1 Å². The minimum Gasteiger partial charge on any atom is -0.530 e. The first kappa shape index (κ1) is 17.9. The first-order chi connectivity index (χ1) is 10.6. The molecule has 5 nitrogen and oxygen atoms in total. The van der Waals surface area contributed by atoms with Gasteiger partial charge in [-0.3, -0.25) is 0 Å². The molecular formula is C17H23N2O3-. The normalized spacial score (nSPS) is 11.5. The van der Waals surface area contributed by atoms with Gasteiger partial charge in [-0.1, -0.05) is 45.2 Å². The second kappa shape index (κ2) is 9.74. The number of aliphatic imine (C=N–C) groups is 1. The van der Waals surface area contributed by atoms with Crippen LogP contribution in [0.5, 0.6) is 0 Å². The van der Waals surface area contributed by atoms with Gasteiger partial charge in [0.1, 0.15) is 6.09 Å². The summed E-state index contributed by atoms with van der Waals surface area (Å²) in [6.07, 6.45) is 4.41. The van der Waals surface area contributed by atoms with Crippen LogP contribution >= 0.6 is 0 Å². The van der Waals surface area contributed by atoms with Crippen LogP contribution in [0.15, 0.2) is 29.3 Å². The van der Waals surface area contributed by atoms with Gasteiger partial charge in [0.05, 0.1) is 6.54 Å². The minimum absolute atomic E-state index is 0.200. The summed E-state index contributed by atoms with van der Waals surface area (Å²) >= 11 is 0. The molecule has 0 saturated carbocycles. The number of carboxylic acid groups (broad SMARTS) is 1. The molecule has 5 heteroatoms. The number of hydrogen-bond acceptors (Lipinski definition) is 4. The maximum absolute atomic E-state index is 11.5. The van der Waals surface area contributed by atoms with E-state index in [1.807, 2.05) is 0 Å². The number of hydrogen-bond donors (Lipinski definition) is 0. The number of nitrogens with zero attached hydrogens (tertiary/aromatic N) is 2. The predicted molar refractivity (Wildman–Crippen MR) is 84.3 cm³/mol. The number of unbranched alkanes of at least 4 members (excludes halogenated alkanes) is 1. The zero-order chi connectivity index (χ0) is 16.4. The average Bonchev–Trinajstić information content (AvgIpc) is 2.53. The van der Waals surface area contributed by atoms with Gasteiger partial charge in [0.2, 0.25) is 6.08 Å². The van der Waals surface area contributed by atoms with E-state index in [2.05, 4.69) is 18.8 Å². The van der Waals surface area contributed by atoms with E-state index in [0.29, 0.717) is 18.2 Å². The summed E-state index contributed by atoms with van der Waals surface area (Å²) in [6.45, 7) is 4.83. The first-order valence-corrected chi connectivity index (χ1v) is 7.73. The quantitative estimate of drug-likeness (QED) is 0.520. The molecule has 120 valence electrons.